The van der Waals surface area contributed by atoms with Gasteiger partial charge < -0.3 is 14.6 Å². The Morgan fingerprint density at radius 2 is 1.69 bits per heavy atom. The second-order valence-corrected chi connectivity index (χ2v) is 8.05. The summed E-state index contributed by atoms with van der Waals surface area (Å²) in [5, 5.41) is 21.9. The summed E-state index contributed by atoms with van der Waals surface area (Å²) in [5.74, 6) is -1.53. The first-order chi connectivity index (χ1) is 14.9. The molecule has 3 rings (SSSR count). The van der Waals surface area contributed by atoms with Gasteiger partial charge in [0.05, 0.1) is 0 Å². The molecule has 174 valence electrons. The molecule has 1 unspecified atom stereocenters. The Bertz CT molecular complexity index is 1110. The van der Waals surface area contributed by atoms with Crippen molar-refractivity contribution in [3.8, 4) is 0 Å². The van der Waals surface area contributed by atoms with E-state index >= 15 is 0 Å². The van der Waals surface area contributed by atoms with Crippen LogP contribution >= 0.6 is 0 Å². The van der Waals surface area contributed by atoms with E-state index in [0.717, 1.165) is 6.07 Å². The molecule has 3 N–H and O–H groups in total. The number of alkyl halides is 5. The summed E-state index contributed by atoms with van der Waals surface area (Å²) < 4.78 is 72.6. The fraction of sp³-hybridized carbons (Fsp3) is 0.409. The van der Waals surface area contributed by atoms with Crippen LogP contribution in [0.25, 0.3) is 21.9 Å². The van der Waals surface area contributed by atoms with Crippen molar-refractivity contribution < 1.29 is 41.4 Å². The Kier molecular flexibility index (Phi) is 6.75. The van der Waals surface area contributed by atoms with E-state index in [-0.39, 0.29) is 34.6 Å². The van der Waals surface area contributed by atoms with Gasteiger partial charge >= 0.3 is 12.1 Å². The lowest BCUT2D eigenvalue weighted by molar-refractivity contribution is -0.163. The van der Waals surface area contributed by atoms with E-state index in [0.29, 0.717) is 10.8 Å². The minimum absolute atomic E-state index is 0.00400. The Hall–Kier alpha value is -2.72. The number of aliphatic carboxylic acids is 1. The number of nitrogens with one attached hydrogen (secondary N) is 1. The van der Waals surface area contributed by atoms with Crippen molar-refractivity contribution in [1.29, 1.82) is 0 Å². The summed E-state index contributed by atoms with van der Waals surface area (Å²) in [6.07, 6.45) is -9.77. The van der Waals surface area contributed by atoms with Crippen molar-refractivity contribution in [3.05, 3.63) is 47.5 Å². The van der Waals surface area contributed by atoms with Crippen LogP contribution in [0.5, 0.6) is 0 Å². The monoisotopic (exact) mass is 459 g/mol. The van der Waals surface area contributed by atoms with Crippen LogP contribution < -0.4 is 5.32 Å². The molecular weight excluding hydrogens is 437 g/mol. The van der Waals surface area contributed by atoms with Crippen molar-refractivity contribution >= 4 is 27.9 Å². The summed E-state index contributed by atoms with van der Waals surface area (Å²) in [6.45, 7) is 3.42. The number of rotatable bonds is 8. The fourth-order valence-electron chi connectivity index (χ4n) is 3.61. The Labute approximate surface area is 179 Å². The van der Waals surface area contributed by atoms with E-state index in [2.05, 4.69) is 5.32 Å². The molecule has 5 nitrogen and oxygen atoms in total. The number of carboxylic acids is 1. The third kappa shape index (κ3) is 5.02. The molecule has 1 aromatic heterocycles. The van der Waals surface area contributed by atoms with Crippen LogP contribution in [0.2, 0.25) is 0 Å². The number of aliphatic hydroxyl groups excluding tert-OH is 1. The highest BCUT2D eigenvalue weighted by molar-refractivity contribution is 6.05. The first kappa shape index (κ1) is 23.9. The molecule has 0 aliphatic rings. The standard InChI is InChI=1S/C22H22F5NO4/c1-10(2)7-15(21(30)31)28-19(22(25,26)27)12-3-5-13-14-8-11(18(29)20(23)24)4-6-16(14)32-17(13)9-12/h3-6,8-10,15,18-20,28-29H,7H2,1-2H3,(H,30,31)/t15-,18?,19-/m0/s1. The van der Waals surface area contributed by atoms with Gasteiger partial charge in [-0.2, -0.15) is 13.2 Å². The number of fused-ring (bicyclic) bond motifs is 3. The molecular formula is C22H22F5NO4. The molecule has 0 saturated heterocycles. The second-order valence-electron chi connectivity index (χ2n) is 8.05. The molecule has 2 aromatic carbocycles. The van der Waals surface area contributed by atoms with Crippen LogP contribution in [0.4, 0.5) is 22.0 Å². The fourth-order valence-corrected chi connectivity index (χ4v) is 3.61. The Balaban J connectivity index is 2.03. The Morgan fingerprint density at radius 1 is 1.03 bits per heavy atom. The molecule has 0 bridgehead atoms. The van der Waals surface area contributed by atoms with Crippen LogP contribution in [-0.4, -0.2) is 34.8 Å². The number of carbonyl (C=O) groups is 1. The highest BCUT2D eigenvalue weighted by Crippen LogP contribution is 2.38. The lowest BCUT2D eigenvalue weighted by Crippen LogP contribution is -2.45. The lowest BCUT2D eigenvalue weighted by atomic mass is 9.99. The number of hydrogen-bond acceptors (Lipinski definition) is 4. The lowest BCUT2D eigenvalue weighted by Gasteiger charge is -2.26. The van der Waals surface area contributed by atoms with Crippen molar-refractivity contribution in [2.75, 3.05) is 0 Å². The molecule has 3 aromatic rings. The van der Waals surface area contributed by atoms with Gasteiger partial charge in [-0.05, 0) is 41.7 Å². The zero-order valence-corrected chi connectivity index (χ0v) is 17.2. The largest absolute Gasteiger partial charge is 0.480 e. The predicted molar refractivity (Wildman–Crippen MR) is 107 cm³/mol. The quantitative estimate of drug-likeness (QED) is 0.383. The molecule has 0 aliphatic carbocycles. The molecule has 10 heteroatoms. The highest BCUT2D eigenvalue weighted by atomic mass is 19.4. The van der Waals surface area contributed by atoms with E-state index in [9.17, 15) is 37.0 Å². The third-order valence-electron chi connectivity index (χ3n) is 5.13. The van der Waals surface area contributed by atoms with Crippen LogP contribution in [0, 0.1) is 5.92 Å². The van der Waals surface area contributed by atoms with Gasteiger partial charge in [-0.3, -0.25) is 10.1 Å². The molecule has 0 spiro atoms. The maximum absolute atomic E-state index is 13.8. The topological polar surface area (TPSA) is 82.7 Å². The maximum atomic E-state index is 13.8. The average molecular weight is 459 g/mol. The van der Waals surface area contributed by atoms with Gasteiger partial charge in [-0.25, -0.2) is 8.78 Å². The van der Waals surface area contributed by atoms with Gasteiger partial charge in [0.1, 0.15) is 29.4 Å². The van der Waals surface area contributed by atoms with Crippen LogP contribution in [0.1, 0.15) is 43.5 Å². The van der Waals surface area contributed by atoms with Crippen molar-refractivity contribution in [2.45, 2.75) is 51.1 Å². The summed E-state index contributed by atoms with van der Waals surface area (Å²) in [5.41, 5.74) is 0.0362. The maximum Gasteiger partial charge on any atom is 0.407 e. The molecule has 1 heterocycles. The SMILES string of the molecule is CC(C)C[C@H](N[C@@H](c1ccc2c(c1)oc1ccc(C(O)C(F)F)cc12)C(F)(F)F)C(=O)O. The highest BCUT2D eigenvalue weighted by Gasteiger charge is 2.43. The molecule has 0 fully saturated rings. The summed E-state index contributed by atoms with van der Waals surface area (Å²) in [6, 6.07) is 3.95. The van der Waals surface area contributed by atoms with Gasteiger partial charge in [0, 0.05) is 10.8 Å². The van der Waals surface area contributed by atoms with Gasteiger partial charge in [0.15, 0.2) is 0 Å². The predicted octanol–water partition coefficient (Wildman–Crippen LogP) is 5.58. The number of benzene rings is 2. The molecule has 32 heavy (non-hydrogen) atoms. The minimum Gasteiger partial charge on any atom is -0.480 e. The van der Waals surface area contributed by atoms with E-state index in [1.54, 1.807) is 13.8 Å². The first-order valence-electron chi connectivity index (χ1n) is 9.86. The summed E-state index contributed by atoms with van der Waals surface area (Å²) in [4.78, 5) is 11.5. The second kappa shape index (κ2) is 9.03. The van der Waals surface area contributed by atoms with Crippen LogP contribution in [0.3, 0.4) is 0 Å². The minimum atomic E-state index is -4.78. The molecule has 3 atom stereocenters. The van der Waals surface area contributed by atoms with Crippen LogP contribution in [-0.2, 0) is 4.79 Å². The number of furan rings is 1. The van der Waals surface area contributed by atoms with Crippen molar-refractivity contribution in [3.63, 3.8) is 0 Å². The summed E-state index contributed by atoms with van der Waals surface area (Å²) in [7, 11) is 0. The van der Waals surface area contributed by atoms with E-state index in [4.69, 9.17) is 4.42 Å². The van der Waals surface area contributed by atoms with Gasteiger partial charge in [0.25, 0.3) is 6.43 Å². The Morgan fingerprint density at radius 3 is 2.25 bits per heavy atom. The van der Waals surface area contributed by atoms with E-state index in [1.807, 2.05) is 0 Å². The van der Waals surface area contributed by atoms with Gasteiger partial charge in [-0.1, -0.05) is 32.0 Å². The average Bonchev–Trinajstić information content (AvgIpc) is 3.05. The molecule has 0 amide bonds. The zero-order valence-electron chi connectivity index (χ0n) is 17.2. The van der Waals surface area contributed by atoms with Gasteiger partial charge in [-0.15, -0.1) is 0 Å². The van der Waals surface area contributed by atoms with Gasteiger partial charge in [0.2, 0.25) is 0 Å². The molecule has 0 radical (unpaired) electrons. The van der Waals surface area contributed by atoms with Crippen molar-refractivity contribution in [1.82, 2.24) is 5.32 Å². The van der Waals surface area contributed by atoms with E-state index < -0.39 is 36.8 Å². The first-order valence-corrected chi connectivity index (χ1v) is 9.86. The van der Waals surface area contributed by atoms with Crippen molar-refractivity contribution in [2.24, 2.45) is 5.92 Å². The zero-order chi connectivity index (χ0) is 23.8. The number of halogens is 5. The number of hydrogen-bond donors (Lipinski definition) is 3. The van der Waals surface area contributed by atoms with Crippen LogP contribution in [0.15, 0.2) is 40.8 Å². The molecule has 0 saturated carbocycles. The smallest absolute Gasteiger partial charge is 0.407 e. The van der Waals surface area contributed by atoms with E-state index in [1.165, 1.54) is 30.3 Å². The normalized spacial score (nSPS) is 15.6. The summed E-state index contributed by atoms with van der Waals surface area (Å²) >= 11 is 0. The number of carboxylic acid groups (broad SMARTS) is 1. The molecule has 0 aliphatic heterocycles. The number of aliphatic hydroxyl groups is 1. The third-order valence-corrected chi connectivity index (χ3v) is 5.13.